The maximum atomic E-state index is 5.54. The van der Waals surface area contributed by atoms with Gasteiger partial charge in [0.2, 0.25) is 0 Å². The van der Waals surface area contributed by atoms with E-state index in [0.29, 0.717) is 18.4 Å². The van der Waals surface area contributed by atoms with E-state index in [4.69, 9.17) is 27.9 Å². The lowest BCUT2D eigenvalue weighted by Gasteiger charge is -2.10. The maximum absolute atomic E-state index is 5.54. The third-order valence-corrected chi connectivity index (χ3v) is 1.56. The van der Waals surface area contributed by atoms with Gasteiger partial charge in [0.1, 0.15) is 0 Å². The van der Waals surface area contributed by atoms with E-state index >= 15 is 0 Å². The lowest BCUT2D eigenvalue weighted by Crippen LogP contribution is -2.14. The highest BCUT2D eigenvalue weighted by molar-refractivity contribution is 6.18. The predicted molar refractivity (Wildman–Crippen MR) is 41.5 cm³/mol. The second kappa shape index (κ2) is 6.66. The fourth-order valence-electron chi connectivity index (χ4n) is 0.483. The van der Waals surface area contributed by atoms with Crippen molar-refractivity contribution in [1.29, 1.82) is 0 Å². The highest BCUT2D eigenvalue weighted by atomic mass is 35.5. The first-order chi connectivity index (χ1) is 4.35. The molecule has 0 saturated carbocycles. The van der Waals surface area contributed by atoms with Gasteiger partial charge in [0.15, 0.2) is 0 Å². The summed E-state index contributed by atoms with van der Waals surface area (Å²) in [6, 6.07) is 0. The topological polar surface area (TPSA) is 9.23 Å². The van der Waals surface area contributed by atoms with Crippen LogP contribution in [0.1, 0.15) is 13.3 Å². The normalized spacial score (nSPS) is 13.7. The van der Waals surface area contributed by atoms with Crippen molar-refractivity contribution in [3.05, 3.63) is 0 Å². The molecule has 0 aliphatic carbocycles. The summed E-state index contributed by atoms with van der Waals surface area (Å²) in [6.45, 7) is 2.65. The van der Waals surface area contributed by atoms with Crippen LogP contribution in [0, 0.1) is 0 Å². The average molecular weight is 171 g/mol. The molecule has 0 spiro atoms. The Hall–Kier alpha value is 0.540. The minimum absolute atomic E-state index is 0.186. The number of hydrogen-bond acceptors (Lipinski definition) is 1. The molecule has 0 radical (unpaired) electrons. The summed E-state index contributed by atoms with van der Waals surface area (Å²) in [6.07, 6.45) is 1.14. The molecule has 9 heavy (non-hydrogen) atoms. The van der Waals surface area contributed by atoms with Gasteiger partial charge in [-0.05, 0) is 6.42 Å². The van der Waals surface area contributed by atoms with Crippen molar-refractivity contribution in [3.8, 4) is 0 Å². The molecule has 0 aliphatic rings. The summed E-state index contributed by atoms with van der Waals surface area (Å²) in [5.41, 5.74) is 0. The molecular weight excluding hydrogens is 159 g/mol. The van der Waals surface area contributed by atoms with Gasteiger partial charge >= 0.3 is 0 Å². The molecule has 0 heterocycles. The van der Waals surface area contributed by atoms with Crippen LogP contribution in [0.5, 0.6) is 0 Å². The Kier molecular flexibility index (Phi) is 7.06. The molecule has 0 saturated heterocycles. The Labute approximate surface area is 66.3 Å². The third kappa shape index (κ3) is 5.01. The predicted octanol–water partition coefficient (Wildman–Crippen LogP) is 2.26. The van der Waals surface area contributed by atoms with E-state index in [1.807, 2.05) is 6.92 Å². The monoisotopic (exact) mass is 170 g/mol. The van der Waals surface area contributed by atoms with Crippen molar-refractivity contribution in [3.63, 3.8) is 0 Å². The van der Waals surface area contributed by atoms with Gasteiger partial charge in [0, 0.05) is 11.8 Å². The highest BCUT2D eigenvalue weighted by Gasteiger charge is 2.01. The van der Waals surface area contributed by atoms with Crippen LogP contribution in [0.15, 0.2) is 0 Å². The van der Waals surface area contributed by atoms with Gasteiger partial charge < -0.3 is 4.74 Å². The van der Waals surface area contributed by atoms with E-state index in [0.717, 1.165) is 6.42 Å². The summed E-state index contributed by atoms with van der Waals surface area (Å²) in [5.74, 6) is 1.11. The minimum atomic E-state index is 0.186. The first-order valence-electron chi connectivity index (χ1n) is 3.08. The second-order valence-corrected chi connectivity index (χ2v) is 2.43. The van der Waals surface area contributed by atoms with Gasteiger partial charge in [0.05, 0.1) is 12.7 Å². The molecule has 0 fully saturated rings. The number of rotatable bonds is 5. The molecule has 0 amide bonds. The summed E-state index contributed by atoms with van der Waals surface area (Å²) in [5, 5.41) is 0. The molecular formula is C6H12Cl2O. The summed E-state index contributed by atoms with van der Waals surface area (Å²) < 4.78 is 5.23. The highest BCUT2D eigenvalue weighted by Crippen LogP contribution is 1.99. The van der Waals surface area contributed by atoms with Crippen LogP contribution in [0.25, 0.3) is 0 Å². The molecule has 0 N–H and O–H groups in total. The van der Waals surface area contributed by atoms with Crippen LogP contribution in [-0.4, -0.2) is 24.5 Å². The van der Waals surface area contributed by atoms with Crippen molar-refractivity contribution in [1.82, 2.24) is 0 Å². The van der Waals surface area contributed by atoms with E-state index in [9.17, 15) is 0 Å². The molecule has 0 aromatic carbocycles. The zero-order valence-corrected chi connectivity index (χ0v) is 7.08. The molecule has 56 valence electrons. The van der Waals surface area contributed by atoms with E-state index < -0.39 is 0 Å². The van der Waals surface area contributed by atoms with E-state index in [2.05, 4.69) is 0 Å². The molecule has 1 nitrogen and oxygen atoms in total. The van der Waals surface area contributed by atoms with Crippen LogP contribution in [0.2, 0.25) is 0 Å². The van der Waals surface area contributed by atoms with Crippen molar-refractivity contribution < 1.29 is 4.74 Å². The standard InChI is InChI=1S/C6H12Cl2O/c1-2-6(5-8)9-4-3-7/h6H,2-5H2,1H3. The summed E-state index contributed by atoms with van der Waals surface area (Å²) in [4.78, 5) is 0. The number of halogens is 2. The Morgan fingerprint density at radius 1 is 1.44 bits per heavy atom. The Morgan fingerprint density at radius 2 is 2.11 bits per heavy atom. The minimum Gasteiger partial charge on any atom is -0.376 e. The van der Waals surface area contributed by atoms with Crippen LogP contribution >= 0.6 is 23.2 Å². The Morgan fingerprint density at radius 3 is 2.44 bits per heavy atom. The largest absolute Gasteiger partial charge is 0.376 e. The van der Waals surface area contributed by atoms with Crippen LogP contribution in [-0.2, 0) is 4.74 Å². The van der Waals surface area contributed by atoms with Gasteiger partial charge in [-0.25, -0.2) is 0 Å². The molecule has 1 unspecified atom stereocenters. The lowest BCUT2D eigenvalue weighted by molar-refractivity contribution is 0.0777. The maximum Gasteiger partial charge on any atom is 0.0708 e. The quantitative estimate of drug-likeness (QED) is 0.576. The average Bonchev–Trinajstić information content (AvgIpc) is 1.91. The SMILES string of the molecule is CCC(CCl)OCCCl. The molecule has 3 heteroatoms. The van der Waals surface area contributed by atoms with Gasteiger partial charge in [-0.1, -0.05) is 6.92 Å². The first kappa shape index (κ1) is 9.54. The molecule has 0 aliphatic heterocycles. The van der Waals surface area contributed by atoms with Crippen molar-refractivity contribution in [2.75, 3.05) is 18.4 Å². The van der Waals surface area contributed by atoms with Crippen molar-refractivity contribution in [2.45, 2.75) is 19.4 Å². The summed E-state index contributed by atoms with van der Waals surface area (Å²) in [7, 11) is 0. The Balaban J connectivity index is 3.09. The van der Waals surface area contributed by atoms with Crippen LogP contribution in [0.4, 0.5) is 0 Å². The number of ether oxygens (including phenoxy) is 1. The molecule has 0 aromatic heterocycles. The van der Waals surface area contributed by atoms with Gasteiger partial charge in [-0.15, -0.1) is 23.2 Å². The van der Waals surface area contributed by atoms with Gasteiger partial charge in [-0.3, -0.25) is 0 Å². The van der Waals surface area contributed by atoms with Crippen molar-refractivity contribution >= 4 is 23.2 Å². The van der Waals surface area contributed by atoms with Crippen LogP contribution < -0.4 is 0 Å². The number of hydrogen-bond donors (Lipinski definition) is 0. The zero-order chi connectivity index (χ0) is 7.11. The molecule has 0 bridgehead atoms. The van der Waals surface area contributed by atoms with E-state index in [1.165, 1.54) is 0 Å². The van der Waals surface area contributed by atoms with E-state index in [-0.39, 0.29) is 6.10 Å². The lowest BCUT2D eigenvalue weighted by atomic mass is 10.3. The summed E-state index contributed by atoms with van der Waals surface area (Å²) >= 11 is 10.9. The molecule has 1 atom stereocenters. The van der Waals surface area contributed by atoms with E-state index in [1.54, 1.807) is 0 Å². The van der Waals surface area contributed by atoms with Gasteiger partial charge in [-0.2, -0.15) is 0 Å². The van der Waals surface area contributed by atoms with Gasteiger partial charge in [0.25, 0.3) is 0 Å². The smallest absolute Gasteiger partial charge is 0.0708 e. The molecule has 0 aromatic rings. The fraction of sp³-hybridized carbons (Fsp3) is 1.00. The first-order valence-corrected chi connectivity index (χ1v) is 4.15. The van der Waals surface area contributed by atoms with Crippen LogP contribution in [0.3, 0.4) is 0 Å². The number of alkyl halides is 2. The second-order valence-electron chi connectivity index (χ2n) is 1.74. The fourth-order valence-corrected chi connectivity index (χ4v) is 0.879. The third-order valence-electron chi connectivity index (χ3n) is 1.06. The Bertz CT molecular complexity index is 55.0. The molecule has 0 rings (SSSR count). The zero-order valence-electron chi connectivity index (χ0n) is 5.57. The van der Waals surface area contributed by atoms with Crippen molar-refractivity contribution in [2.24, 2.45) is 0 Å².